The zero-order valence-electron chi connectivity index (χ0n) is 18.3. The van der Waals surface area contributed by atoms with Crippen molar-refractivity contribution in [2.45, 2.75) is 4.90 Å². The number of aliphatic hydroxyl groups excluding tert-OH is 1. The molecular weight excluding hydrogens is 525 g/mol. The molecule has 0 amide bonds. The van der Waals surface area contributed by atoms with Gasteiger partial charge in [0.2, 0.25) is 11.8 Å². The highest BCUT2D eigenvalue weighted by Gasteiger charge is 2.27. The first-order valence-electron chi connectivity index (χ1n) is 10.0. The van der Waals surface area contributed by atoms with Crippen LogP contribution in [0.4, 0.5) is 24.9 Å². The van der Waals surface area contributed by atoms with E-state index in [9.17, 15) is 12.8 Å². The molecule has 188 valence electrons. The van der Waals surface area contributed by atoms with Gasteiger partial charge in [-0.05, 0) is 18.2 Å². The van der Waals surface area contributed by atoms with Crippen molar-refractivity contribution in [1.29, 1.82) is 0 Å². The third-order valence-corrected chi connectivity index (χ3v) is 6.38. The number of ether oxygens (including phenoxy) is 1. The van der Waals surface area contributed by atoms with Gasteiger partial charge in [0.25, 0.3) is 10.0 Å². The molecule has 4 rings (SSSR count). The Bertz CT molecular complexity index is 1580. The van der Waals surface area contributed by atoms with Gasteiger partial charge < -0.3 is 15.2 Å². The van der Waals surface area contributed by atoms with Crippen LogP contribution in [0.1, 0.15) is 0 Å². The Morgan fingerprint density at radius 2 is 1.86 bits per heavy atom. The predicted octanol–water partition coefficient (Wildman–Crippen LogP) is 3.37. The lowest BCUT2D eigenvalue weighted by Crippen LogP contribution is -2.17. The molecule has 0 atom stereocenters. The Balaban J connectivity index is 1.78. The number of hydrogen-bond donors (Lipinski definition) is 3. The number of nitrogens with zero attached hydrogens (tertiary/aromatic N) is 4. The molecule has 36 heavy (non-hydrogen) atoms. The highest BCUT2D eigenvalue weighted by Crippen LogP contribution is 2.35. The van der Waals surface area contributed by atoms with Crippen molar-refractivity contribution in [1.82, 2.24) is 19.9 Å². The number of halogens is 4. The van der Waals surface area contributed by atoms with Gasteiger partial charge in [-0.1, -0.05) is 11.6 Å². The average molecular weight is 541 g/mol. The second-order valence-electron chi connectivity index (χ2n) is 7.11. The maximum Gasteiger partial charge on any atom is 0.268 e. The molecule has 1 aromatic carbocycles. The van der Waals surface area contributed by atoms with E-state index in [0.29, 0.717) is 6.20 Å². The van der Waals surface area contributed by atoms with E-state index in [0.717, 1.165) is 24.5 Å². The Kier molecular flexibility index (Phi) is 7.10. The maximum absolute atomic E-state index is 15.4. The van der Waals surface area contributed by atoms with Gasteiger partial charge in [0.05, 0.1) is 41.4 Å². The van der Waals surface area contributed by atoms with Crippen LogP contribution in [0, 0.1) is 17.5 Å². The summed E-state index contributed by atoms with van der Waals surface area (Å²) in [6.45, 7) is -0.0166. The van der Waals surface area contributed by atoms with Crippen LogP contribution in [-0.2, 0) is 10.0 Å². The molecule has 0 aliphatic carbocycles. The molecule has 0 unspecified atom stereocenters. The summed E-state index contributed by atoms with van der Waals surface area (Å²) in [6.07, 6.45) is 2.80. The number of methoxy groups -OCH3 is 1. The van der Waals surface area contributed by atoms with Crippen LogP contribution in [0.2, 0.25) is 5.02 Å². The average Bonchev–Trinajstić information content (AvgIpc) is 2.85. The van der Waals surface area contributed by atoms with Gasteiger partial charge in [-0.2, -0.15) is 0 Å². The topological polar surface area (TPSA) is 139 Å². The van der Waals surface area contributed by atoms with Crippen LogP contribution >= 0.6 is 11.6 Å². The number of pyridine rings is 2. The summed E-state index contributed by atoms with van der Waals surface area (Å²) in [5.41, 5.74) is -1.24. The van der Waals surface area contributed by atoms with Gasteiger partial charge >= 0.3 is 0 Å². The van der Waals surface area contributed by atoms with Crippen molar-refractivity contribution in [3.63, 3.8) is 0 Å². The number of anilines is 2. The normalized spacial score (nSPS) is 11.5. The molecule has 10 nitrogen and oxygen atoms in total. The van der Waals surface area contributed by atoms with Crippen LogP contribution in [-0.4, -0.2) is 53.7 Å². The predicted molar refractivity (Wildman–Crippen MR) is 125 cm³/mol. The SMILES string of the molecule is COc1ncc(Cl)cc1S(=O)(=O)Nc1ncc(F)c(-c2ccc3nc(NCCO)ncc3c2F)c1F. The fraction of sp³-hybridized carbons (Fsp3) is 0.143. The minimum absolute atomic E-state index is 0.0421. The van der Waals surface area contributed by atoms with Crippen LogP contribution in [0.3, 0.4) is 0 Å². The van der Waals surface area contributed by atoms with Gasteiger partial charge in [-0.3, -0.25) is 4.72 Å². The van der Waals surface area contributed by atoms with Gasteiger partial charge in [0, 0.05) is 24.5 Å². The molecule has 0 saturated carbocycles. The van der Waals surface area contributed by atoms with E-state index in [4.69, 9.17) is 21.4 Å². The summed E-state index contributed by atoms with van der Waals surface area (Å²) >= 11 is 5.82. The molecule has 0 radical (unpaired) electrons. The van der Waals surface area contributed by atoms with Crippen molar-refractivity contribution in [2.75, 3.05) is 30.3 Å². The van der Waals surface area contributed by atoms with Gasteiger partial charge in [-0.25, -0.2) is 41.5 Å². The minimum atomic E-state index is -4.56. The second-order valence-corrected chi connectivity index (χ2v) is 9.20. The van der Waals surface area contributed by atoms with Crippen molar-refractivity contribution in [2.24, 2.45) is 0 Å². The van der Waals surface area contributed by atoms with Crippen molar-refractivity contribution >= 4 is 44.3 Å². The van der Waals surface area contributed by atoms with E-state index in [2.05, 4.69) is 25.3 Å². The van der Waals surface area contributed by atoms with E-state index in [1.54, 1.807) is 0 Å². The smallest absolute Gasteiger partial charge is 0.268 e. The van der Waals surface area contributed by atoms with Gasteiger partial charge in [0.1, 0.15) is 5.82 Å². The highest BCUT2D eigenvalue weighted by molar-refractivity contribution is 7.92. The standard InChI is InChI=1S/C21H16ClF3N6O4S/c1-35-20-15(6-10(22)7-28-20)36(33,34)31-19-18(25)16(13(23)9-27-19)11-2-3-14-12(17(11)24)8-29-21(30-14)26-4-5-32/h2-3,6-9,32H,4-5H2,1H3,(H,27,31)(H,26,29,30). The molecule has 0 fully saturated rings. The number of benzene rings is 1. The van der Waals surface area contributed by atoms with Crippen molar-refractivity contribution in [3.8, 4) is 17.0 Å². The molecule has 15 heteroatoms. The highest BCUT2D eigenvalue weighted by atomic mass is 35.5. The Hall–Kier alpha value is -3.75. The summed E-state index contributed by atoms with van der Waals surface area (Å²) in [7, 11) is -3.39. The third-order valence-electron chi connectivity index (χ3n) is 4.84. The van der Waals surface area contributed by atoms with Crippen LogP contribution in [0.25, 0.3) is 22.0 Å². The largest absolute Gasteiger partial charge is 0.480 e. The summed E-state index contributed by atoms with van der Waals surface area (Å²) in [4.78, 5) is 14.7. The number of fused-ring (bicyclic) bond motifs is 1. The molecule has 3 aromatic heterocycles. The quantitative estimate of drug-likeness (QED) is 0.307. The molecule has 0 aliphatic rings. The Morgan fingerprint density at radius 1 is 1.08 bits per heavy atom. The lowest BCUT2D eigenvalue weighted by atomic mass is 10.0. The first-order valence-corrected chi connectivity index (χ1v) is 11.9. The lowest BCUT2D eigenvalue weighted by Gasteiger charge is -2.14. The molecular formula is C21H16ClF3N6O4S. The van der Waals surface area contributed by atoms with Gasteiger partial charge in [0.15, 0.2) is 22.3 Å². The number of rotatable bonds is 8. The first-order chi connectivity index (χ1) is 17.2. The number of aliphatic hydroxyl groups is 1. The fourth-order valence-electron chi connectivity index (χ4n) is 3.24. The zero-order valence-corrected chi connectivity index (χ0v) is 19.8. The zero-order chi connectivity index (χ0) is 26.0. The second kappa shape index (κ2) is 10.1. The van der Waals surface area contributed by atoms with Crippen LogP contribution in [0.15, 0.2) is 41.7 Å². The first kappa shape index (κ1) is 25.3. The monoisotopic (exact) mass is 540 g/mol. The summed E-state index contributed by atoms with van der Waals surface area (Å²) < 4.78 is 77.9. The van der Waals surface area contributed by atoms with Crippen molar-refractivity contribution < 1.29 is 31.4 Å². The van der Waals surface area contributed by atoms with Crippen LogP contribution in [0.5, 0.6) is 5.88 Å². The Morgan fingerprint density at radius 3 is 2.58 bits per heavy atom. The molecule has 0 saturated heterocycles. The number of hydrogen-bond acceptors (Lipinski definition) is 9. The molecule has 4 aromatic rings. The molecule has 0 spiro atoms. The molecule has 0 aliphatic heterocycles. The number of sulfonamides is 1. The minimum Gasteiger partial charge on any atom is -0.480 e. The lowest BCUT2D eigenvalue weighted by molar-refractivity contribution is 0.311. The van der Waals surface area contributed by atoms with Crippen LogP contribution < -0.4 is 14.8 Å². The van der Waals surface area contributed by atoms with E-state index < -0.39 is 49.3 Å². The number of nitrogens with one attached hydrogen (secondary N) is 2. The molecule has 3 heterocycles. The maximum atomic E-state index is 15.4. The molecule has 0 bridgehead atoms. The summed E-state index contributed by atoms with van der Waals surface area (Å²) in [6, 6.07) is 3.42. The fourth-order valence-corrected chi connectivity index (χ4v) is 4.62. The van der Waals surface area contributed by atoms with E-state index in [1.807, 2.05) is 4.72 Å². The van der Waals surface area contributed by atoms with E-state index >= 15 is 8.78 Å². The van der Waals surface area contributed by atoms with E-state index in [-0.39, 0.29) is 40.9 Å². The summed E-state index contributed by atoms with van der Waals surface area (Å²) in [5, 5.41) is 11.4. The van der Waals surface area contributed by atoms with Gasteiger partial charge in [-0.15, -0.1) is 0 Å². The third kappa shape index (κ3) is 4.82. The van der Waals surface area contributed by atoms with E-state index in [1.165, 1.54) is 13.2 Å². The molecule has 3 N–H and O–H groups in total. The van der Waals surface area contributed by atoms with Crippen molar-refractivity contribution in [3.05, 3.63) is 59.3 Å². The Labute approximate surface area is 207 Å². The number of aromatic nitrogens is 4. The summed E-state index contributed by atoms with van der Waals surface area (Å²) in [5.74, 6) is -4.85.